The number of hydrogen-bond acceptors (Lipinski definition) is 3. The van der Waals surface area contributed by atoms with Crippen LogP contribution in [0, 0.1) is 5.92 Å². The molecule has 1 saturated carbocycles. The smallest absolute Gasteiger partial charge is 0.0622 e. The molecule has 1 aromatic rings. The van der Waals surface area contributed by atoms with E-state index in [0.29, 0.717) is 12.1 Å². The topological polar surface area (TPSA) is 24.5 Å². The molecule has 0 spiro atoms. The SMILES string of the molecule is c1ccc(CC2CN(C3CCOC3)C(C3CC3)CN2)cc1. The summed E-state index contributed by atoms with van der Waals surface area (Å²) in [5, 5.41) is 3.81. The fourth-order valence-electron chi connectivity index (χ4n) is 4.02. The molecule has 2 aliphatic heterocycles. The van der Waals surface area contributed by atoms with Gasteiger partial charge in [0.05, 0.1) is 6.61 Å². The van der Waals surface area contributed by atoms with Crippen LogP contribution in [-0.4, -0.2) is 49.3 Å². The van der Waals surface area contributed by atoms with Crippen LogP contribution < -0.4 is 5.32 Å². The van der Waals surface area contributed by atoms with Gasteiger partial charge in [0.1, 0.15) is 0 Å². The number of rotatable bonds is 4. The molecule has 3 nitrogen and oxygen atoms in total. The van der Waals surface area contributed by atoms with Crippen LogP contribution in [-0.2, 0) is 11.2 Å². The Morgan fingerprint density at radius 3 is 2.71 bits per heavy atom. The zero-order valence-corrected chi connectivity index (χ0v) is 12.7. The van der Waals surface area contributed by atoms with Crippen LogP contribution in [0.2, 0.25) is 0 Å². The van der Waals surface area contributed by atoms with Gasteiger partial charge in [-0.3, -0.25) is 4.90 Å². The molecule has 2 saturated heterocycles. The van der Waals surface area contributed by atoms with Gasteiger partial charge in [0.2, 0.25) is 0 Å². The molecule has 1 aromatic carbocycles. The number of hydrogen-bond donors (Lipinski definition) is 1. The Morgan fingerprint density at radius 2 is 2.00 bits per heavy atom. The fourth-order valence-corrected chi connectivity index (χ4v) is 4.02. The highest BCUT2D eigenvalue weighted by Gasteiger charge is 2.42. The van der Waals surface area contributed by atoms with Crippen LogP contribution in [0.3, 0.4) is 0 Å². The fraction of sp³-hybridized carbons (Fsp3) is 0.667. The number of ether oxygens (including phenoxy) is 1. The lowest BCUT2D eigenvalue weighted by Gasteiger charge is -2.43. The molecule has 3 aliphatic rings. The lowest BCUT2D eigenvalue weighted by molar-refractivity contribution is 0.0594. The Morgan fingerprint density at radius 1 is 1.14 bits per heavy atom. The van der Waals surface area contributed by atoms with Gasteiger partial charge in [-0.1, -0.05) is 30.3 Å². The van der Waals surface area contributed by atoms with E-state index in [4.69, 9.17) is 4.74 Å². The van der Waals surface area contributed by atoms with Crippen LogP contribution in [0.15, 0.2) is 30.3 Å². The van der Waals surface area contributed by atoms with Crippen molar-refractivity contribution in [2.75, 3.05) is 26.3 Å². The Balaban J connectivity index is 1.43. The van der Waals surface area contributed by atoms with Gasteiger partial charge in [-0.2, -0.15) is 0 Å². The summed E-state index contributed by atoms with van der Waals surface area (Å²) < 4.78 is 5.65. The normalized spacial score (nSPS) is 34.2. The Bertz CT molecular complexity index is 454. The third-order valence-corrected chi connectivity index (χ3v) is 5.34. The van der Waals surface area contributed by atoms with E-state index >= 15 is 0 Å². The van der Waals surface area contributed by atoms with E-state index in [1.54, 1.807) is 0 Å². The minimum absolute atomic E-state index is 0.586. The van der Waals surface area contributed by atoms with E-state index < -0.39 is 0 Å². The standard InChI is InChI=1S/C18H26N2O/c1-2-4-14(5-3-1)10-16-12-20(17-8-9-21-13-17)18(11-19-16)15-6-7-15/h1-5,15-19H,6-13H2. The van der Waals surface area contributed by atoms with Gasteiger partial charge in [-0.05, 0) is 37.2 Å². The quantitative estimate of drug-likeness (QED) is 0.917. The van der Waals surface area contributed by atoms with Gasteiger partial charge in [-0.15, -0.1) is 0 Å². The molecule has 21 heavy (non-hydrogen) atoms. The van der Waals surface area contributed by atoms with Crippen molar-refractivity contribution in [2.24, 2.45) is 5.92 Å². The van der Waals surface area contributed by atoms with Crippen molar-refractivity contribution in [3.8, 4) is 0 Å². The zero-order valence-electron chi connectivity index (χ0n) is 12.7. The van der Waals surface area contributed by atoms with Crippen molar-refractivity contribution >= 4 is 0 Å². The van der Waals surface area contributed by atoms with Crippen molar-refractivity contribution < 1.29 is 4.74 Å². The molecule has 3 unspecified atom stereocenters. The highest BCUT2D eigenvalue weighted by atomic mass is 16.5. The first-order valence-corrected chi connectivity index (χ1v) is 8.51. The van der Waals surface area contributed by atoms with Gasteiger partial charge in [0.25, 0.3) is 0 Å². The molecule has 3 fully saturated rings. The van der Waals surface area contributed by atoms with Gasteiger partial charge >= 0.3 is 0 Å². The van der Waals surface area contributed by atoms with Crippen LogP contribution in [0.25, 0.3) is 0 Å². The molecular formula is C18H26N2O. The van der Waals surface area contributed by atoms with E-state index in [2.05, 4.69) is 40.5 Å². The largest absolute Gasteiger partial charge is 0.380 e. The molecule has 2 heterocycles. The van der Waals surface area contributed by atoms with E-state index in [-0.39, 0.29) is 0 Å². The Kier molecular flexibility index (Phi) is 3.97. The summed E-state index contributed by atoms with van der Waals surface area (Å²) in [5.74, 6) is 0.941. The summed E-state index contributed by atoms with van der Waals surface area (Å²) in [7, 11) is 0. The molecule has 0 aromatic heterocycles. The third-order valence-electron chi connectivity index (χ3n) is 5.34. The van der Waals surface area contributed by atoms with Crippen molar-refractivity contribution in [1.29, 1.82) is 0 Å². The lowest BCUT2D eigenvalue weighted by Crippen LogP contribution is -2.61. The summed E-state index contributed by atoms with van der Waals surface area (Å²) >= 11 is 0. The summed E-state index contributed by atoms with van der Waals surface area (Å²) in [6.45, 7) is 4.25. The summed E-state index contributed by atoms with van der Waals surface area (Å²) in [4.78, 5) is 2.79. The number of nitrogens with zero attached hydrogens (tertiary/aromatic N) is 1. The molecule has 3 atom stereocenters. The number of nitrogens with one attached hydrogen (secondary N) is 1. The Labute approximate surface area is 127 Å². The van der Waals surface area contributed by atoms with Crippen LogP contribution in [0.1, 0.15) is 24.8 Å². The van der Waals surface area contributed by atoms with Crippen molar-refractivity contribution in [3.05, 3.63) is 35.9 Å². The van der Waals surface area contributed by atoms with Gasteiger partial charge < -0.3 is 10.1 Å². The second kappa shape index (κ2) is 6.07. The first-order chi connectivity index (χ1) is 10.4. The Hall–Kier alpha value is -0.900. The summed E-state index contributed by atoms with van der Waals surface area (Å²) in [6, 6.07) is 12.9. The summed E-state index contributed by atoms with van der Waals surface area (Å²) in [6.07, 6.45) is 5.23. The number of piperazine rings is 1. The second-order valence-electron chi connectivity index (χ2n) is 6.91. The number of benzene rings is 1. The molecule has 4 rings (SSSR count). The maximum absolute atomic E-state index is 5.65. The van der Waals surface area contributed by atoms with E-state index in [9.17, 15) is 0 Å². The molecular weight excluding hydrogens is 260 g/mol. The van der Waals surface area contributed by atoms with Gasteiger partial charge in [0.15, 0.2) is 0 Å². The third kappa shape index (κ3) is 3.15. The maximum Gasteiger partial charge on any atom is 0.0622 e. The predicted molar refractivity (Wildman–Crippen MR) is 84.4 cm³/mol. The highest BCUT2D eigenvalue weighted by molar-refractivity contribution is 5.16. The average molecular weight is 286 g/mol. The second-order valence-corrected chi connectivity index (χ2v) is 6.91. The molecule has 3 heteroatoms. The maximum atomic E-state index is 5.65. The minimum atomic E-state index is 0.586. The van der Waals surface area contributed by atoms with Crippen LogP contribution in [0.4, 0.5) is 0 Å². The van der Waals surface area contributed by atoms with E-state index in [1.807, 2.05) is 0 Å². The van der Waals surface area contributed by atoms with E-state index in [0.717, 1.165) is 31.6 Å². The molecule has 1 N–H and O–H groups in total. The molecule has 0 amide bonds. The average Bonchev–Trinajstić information content (AvgIpc) is 3.22. The van der Waals surface area contributed by atoms with Crippen molar-refractivity contribution in [2.45, 2.75) is 43.8 Å². The van der Waals surface area contributed by atoms with Gasteiger partial charge in [0, 0.05) is 37.8 Å². The van der Waals surface area contributed by atoms with Crippen LogP contribution >= 0.6 is 0 Å². The molecule has 0 radical (unpaired) electrons. The van der Waals surface area contributed by atoms with Crippen LogP contribution in [0.5, 0.6) is 0 Å². The first kappa shape index (κ1) is 13.7. The van der Waals surface area contributed by atoms with Crippen molar-refractivity contribution in [3.63, 3.8) is 0 Å². The predicted octanol–water partition coefficient (Wildman–Crippen LogP) is 2.07. The minimum Gasteiger partial charge on any atom is -0.380 e. The molecule has 1 aliphatic carbocycles. The lowest BCUT2D eigenvalue weighted by atomic mass is 9.97. The zero-order chi connectivity index (χ0) is 14.1. The molecule has 0 bridgehead atoms. The molecule has 114 valence electrons. The van der Waals surface area contributed by atoms with Crippen molar-refractivity contribution in [1.82, 2.24) is 10.2 Å². The van der Waals surface area contributed by atoms with Gasteiger partial charge in [-0.25, -0.2) is 0 Å². The highest BCUT2D eigenvalue weighted by Crippen LogP contribution is 2.38. The monoisotopic (exact) mass is 286 g/mol. The summed E-state index contributed by atoms with van der Waals surface area (Å²) in [5.41, 5.74) is 1.45. The van der Waals surface area contributed by atoms with E-state index in [1.165, 1.54) is 37.9 Å². The first-order valence-electron chi connectivity index (χ1n) is 8.51.